The molecule has 106 valence electrons. The van der Waals surface area contributed by atoms with Crippen LogP contribution in [0.3, 0.4) is 0 Å². The molecular formula is C15H17NO4. The number of benzene rings is 1. The van der Waals surface area contributed by atoms with E-state index in [9.17, 15) is 9.59 Å². The van der Waals surface area contributed by atoms with Crippen LogP contribution in [0.15, 0.2) is 29.1 Å². The predicted octanol–water partition coefficient (Wildman–Crippen LogP) is 1.82. The van der Waals surface area contributed by atoms with E-state index < -0.39 is 5.97 Å². The minimum atomic E-state index is -0.992. The van der Waals surface area contributed by atoms with E-state index in [0.29, 0.717) is 10.9 Å². The van der Waals surface area contributed by atoms with Crippen molar-refractivity contribution in [2.45, 2.75) is 26.3 Å². The van der Waals surface area contributed by atoms with Gasteiger partial charge < -0.3 is 14.8 Å². The van der Waals surface area contributed by atoms with Gasteiger partial charge in [0.1, 0.15) is 0 Å². The zero-order chi connectivity index (χ0) is 14.9. The Morgan fingerprint density at radius 3 is 2.55 bits per heavy atom. The minimum absolute atomic E-state index is 0.0727. The van der Waals surface area contributed by atoms with Crippen LogP contribution in [0.4, 0.5) is 0 Å². The minimum Gasteiger partial charge on any atom is -0.478 e. The Kier molecular flexibility index (Phi) is 3.90. The summed E-state index contributed by atoms with van der Waals surface area (Å²) in [5.74, 6) is -0.919. The standard InChI is InChI=1S/C15H17NO4/c1-9(2)12-8-11(15(19)20)7-10-3-4-13(18)16(5-6-17)14(10)12/h3-4,7-9,17H,5-6H2,1-2H3,(H,19,20). The van der Waals surface area contributed by atoms with Crippen molar-refractivity contribution in [1.82, 2.24) is 4.57 Å². The van der Waals surface area contributed by atoms with E-state index in [1.807, 2.05) is 13.8 Å². The molecule has 0 aliphatic carbocycles. The first-order valence-corrected chi connectivity index (χ1v) is 6.47. The number of carboxylic acids is 1. The van der Waals surface area contributed by atoms with Crippen LogP contribution in [0.2, 0.25) is 0 Å². The lowest BCUT2D eigenvalue weighted by atomic mass is 9.96. The van der Waals surface area contributed by atoms with Crippen LogP contribution in [0, 0.1) is 0 Å². The molecule has 5 nitrogen and oxygen atoms in total. The summed E-state index contributed by atoms with van der Waals surface area (Å²) in [6, 6.07) is 6.18. The molecular weight excluding hydrogens is 258 g/mol. The van der Waals surface area contributed by atoms with Crippen LogP contribution >= 0.6 is 0 Å². The monoisotopic (exact) mass is 275 g/mol. The Labute approximate surface area is 116 Å². The molecule has 0 atom stereocenters. The fourth-order valence-corrected chi connectivity index (χ4v) is 2.37. The van der Waals surface area contributed by atoms with Crippen molar-refractivity contribution in [2.24, 2.45) is 0 Å². The lowest BCUT2D eigenvalue weighted by molar-refractivity contribution is 0.0697. The highest BCUT2D eigenvalue weighted by Gasteiger charge is 2.15. The second kappa shape index (κ2) is 5.46. The molecule has 2 rings (SSSR count). The number of rotatable bonds is 4. The zero-order valence-electron chi connectivity index (χ0n) is 11.5. The Morgan fingerprint density at radius 1 is 1.30 bits per heavy atom. The molecule has 1 aromatic heterocycles. The van der Waals surface area contributed by atoms with Crippen molar-refractivity contribution in [3.8, 4) is 0 Å². The van der Waals surface area contributed by atoms with Crippen molar-refractivity contribution < 1.29 is 15.0 Å². The van der Waals surface area contributed by atoms with Gasteiger partial charge in [0.2, 0.25) is 0 Å². The first kappa shape index (κ1) is 14.3. The summed E-state index contributed by atoms with van der Waals surface area (Å²) >= 11 is 0. The number of pyridine rings is 1. The van der Waals surface area contributed by atoms with Crippen LogP contribution in [-0.2, 0) is 6.54 Å². The number of aliphatic hydroxyl groups excluding tert-OH is 1. The number of fused-ring (bicyclic) bond motifs is 1. The Hall–Kier alpha value is -2.14. The normalized spacial score (nSPS) is 11.2. The maximum absolute atomic E-state index is 12.0. The highest BCUT2D eigenvalue weighted by Crippen LogP contribution is 2.26. The largest absolute Gasteiger partial charge is 0.478 e. The van der Waals surface area contributed by atoms with Gasteiger partial charge in [0.05, 0.1) is 17.7 Å². The molecule has 0 bridgehead atoms. The average molecular weight is 275 g/mol. The van der Waals surface area contributed by atoms with Gasteiger partial charge >= 0.3 is 5.97 Å². The molecule has 2 N–H and O–H groups in total. The number of hydrogen-bond acceptors (Lipinski definition) is 3. The molecule has 0 unspecified atom stereocenters. The van der Waals surface area contributed by atoms with Gasteiger partial charge in [-0.25, -0.2) is 4.79 Å². The maximum Gasteiger partial charge on any atom is 0.335 e. The smallest absolute Gasteiger partial charge is 0.335 e. The SMILES string of the molecule is CC(C)c1cc(C(=O)O)cc2ccc(=O)n(CCO)c12. The van der Waals surface area contributed by atoms with Crippen molar-refractivity contribution in [3.05, 3.63) is 45.7 Å². The number of nitrogens with zero attached hydrogens (tertiary/aromatic N) is 1. The molecule has 0 aliphatic rings. The first-order chi connectivity index (χ1) is 9.45. The number of carboxylic acid groups (broad SMARTS) is 1. The number of aromatic nitrogens is 1. The summed E-state index contributed by atoms with van der Waals surface area (Å²) in [5, 5.41) is 19.0. The molecule has 2 aromatic rings. The van der Waals surface area contributed by atoms with Crippen LogP contribution < -0.4 is 5.56 Å². The first-order valence-electron chi connectivity index (χ1n) is 6.47. The molecule has 0 saturated carbocycles. The Balaban J connectivity index is 2.90. The van der Waals surface area contributed by atoms with E-state index in [1.54, 1.807) is 18.2 Å². The number of aromatic carboxylic acids is 1. The highest BCUT2D eigenvalue weighted by atomic mass is 16.4. The van der Waals surface area contributed by atoms with Gasteiger partial charge in [-0.15, -0.1) is 0 Å². The fraction of sp³-hybridized carbons (Fsp3) is 0.333. The molecule has 0 amide bonds. The van der Waals surface area contributed by atoms with Crippen LogP contribution in [0.5, 0.6) is 0 Å². The molecule has 1 aromatic carbocycles. The lowest BCUT2D eigenvalue weighted by Crippen LogP contribution is -2.22. The van der Waals surface area contributed by atoms with Gasteiger partial charge in [-0.05, 0) is 35.1 Å². The van der Waals surface area contributed by atoms with Crippen molar-refractivity contribution in [3.63, 3.8) is 0 Å². The predicted molar refractivity (Wildman–Crippen MR) is 76.3 cm³/mol. The quantitative estimate of drug-likeness (QED) is 0.892. The summed E-state index contributed by atoms with van der Waals surface area (Å²) in [7, 11) is 0. The maximum atomic E-state index is 12.0. The summed E-state index contributed by atoms with van der Waals surface area (Å²) in [6.07, 6.45) is 0. The fourth-order valence-electron chi connectivity index (χ4n) is 2.37. The van der Waals surface area contributed by atoms with Crippen LogP contribution in [0.1, 0.15) is 35.7 Å². The molecule has 20 heavy (non-hydrogen) atoms. The molecule has 5 heteroatoms. The van der Waals surface area contributed by atoms with Gasteiger partial charge in [0, 0.05) is 12.6 Å². The highest BCUT2D eigenvalue weighted by molar-refractivity contribution is 5.95. The second-order valence-corrected chi connectivity index (χ2v) is 5.01. The van der Waals surface area contributed by atoms with Crippen molar-refractivity contribution in [2.75, 3.05) is 6.61 Å². The molecule has 0 radical (unpaired) electrons. The second-order valence-electron chi connectivity index (χ2n) is 5.01. The van der Waals surface area contributed by atoms with Crippen molar-refractivity contribution in [1.29, 1.82) is 0 Å². The van der Waals surface area contributed by atoms with E-state index in [4.69, 9.17) is 10.2 Å². The summed E-state index contributed by atoms with van der Waals surface area (Å²) < 4.78 is 1.50. The van der Waals surface area contributed by atoms with Gasteiger partial charge in [-0.1, -0.05) is 13.8 Å². The van der Waals surface area contributed by atoms with Gasteiger partial charge in [0.15, 0.2) is 0 Å². The molecule has 0 saturated heterocycles. The lowest BCUT2D eigenvalue weighted by Gasteiger charge is -2.16. The summed E-state index contributed by atoms with van der Waals surface area (Å²) in [6.45, 7) is 3.95. The van der Waals surface area contributed by atoms with Crippen LogP contribution in [0.25, 0.3) is 10.9 Å². The summed E-state index contributed by atoms with van der Waals surface area (Å²) in [5.41, 5.74) is 1.50. The van der Waals surface area contributed by atoms with E-state index in [-0.39, 0.29) is 30.2 Å². The number of hydrogen-bond donors (Lipinski definition) is 2. The molecule has 0 spiro atoms. The third-order valence-electron chi connectivity index (χ3n) is 3.30. The average Bonchev–Trinajstić information content (AvgIpc) is 2.40. The molecule has 0 fully saturated rings. The Morgan fingerprint density at radius 2 is 2.00 bits per heavy atom. The van der Waals surface area contributed by atoms with E-state index in [2.05, 4.69) is 0 Å². The zero-order valence-corrected chi connectivity index (χ0v) is 11.5. The van der Waals surface area contributed by atoms with E-state index in [1.165, 1.54) is 10.6 Å². The van der Waals surface area contributed by atoms with Gasteiger partial charge in [-0.3, -0.25) is 4.79 Å². The summed E-state index contributed by atoms with van der Waals surface area (Å²) in [4.78, 5) is 23.1. The Bertz CT molecular complexity index is 716. The number of aliphatic hydroxyl groups is 1. The van der Waals surface area contributed by atoms with E-state index >= 15 is 0 Å². The van der Waals surface area contributed by atoms with Gasteiger partial charge in [0.25, 0.3) is 5.56 Å². The third kappa shape index (κ3) is 2.44. The van der Waals surface area contributed by atoms with E-state index in [0.717, 1.165) is 5.56 Å². The molecule has 0 aliphatic heterocycles. The third-order valence-corrected chi connectivity index (χ3v) is 3.30. The molecule has 1 heterocycles. The van der Waals surface area contributed by atoms with Gasteiger partial charge in [-0.2, -0.15) is 0 Å². The topological polar surface area (TPSA) is 79.5 Å². The van der Waals surface area contributed by atoms with Crippen LogP contribution in [-0.4, -0.2) is 27.4 Å². The van der Waals surface area contributed by atoms with Crippen molar-refractivity contribution >= 4 is 16.9 Å². The number of carbonyl (C=O) groups is 1.